The maximum atomic E-state index is 3.79. The van der Waals surface area contributed by atoms with Gasteiger partial charge in [0.15, 0.2) is 0 Å². The van der Waals surface area contributed by atoms with E-state index in [0.29, 0.717) is 0 Å². The minimum atomic E-state index is 1.20. The molecule has 0 bridgehead atoms. The Labute approximate surface area is 205 Å². The highest BCUT2D eigenvalue weighted by Gasteiger charge is 1.95. The van der Waals surface area contributed by atoms with Gasteiger partial charge in [-0.15, -0.1) is 6.58 Å². The highest BCUT2D eigenvalue weighted by Crippen LogP contribution is 2.14. The molecule has 0 spiro atoms. The van der Waals surface area contributed by atoms with Gasteiger partial charge in [0.05, 0.1) is 0 Å². The lowest BCUT2D eigenvalue weighted by atomic mass is 10.0. The van der Waals surface area contributed by atoms with E-state index >= 15 is 0 Å². The fourth-order valence-corrected chi connectivity index (χ4v) is 4.66. The van der Waals surface area contributed by atoms with Crippen molar-refractivity contribution >= 4 is 0 Å². The van der Waals surface area contributed by atoms with Gasteiger partial charge in [-0.25, -0.2) is 0 Å². The quantitative estimate of drug-likeness (QED) is 0.0827. The van der Waals surface area contributed by atoms with Gasteiger partial charge >= 0.3 is 0 Å². The average molecular weight is 447 g/mol. The lowest BCUT2D eigenvalue weighted by Gasteiger charge is -2.03. The molecule has 0 radical (unpaired) electrons. The summed E-state index contributed by atoms with van der Waals surface area (Å²) in [5, 5.41) is 0. The second-order valence-corrected chi connectivity index (χ2v) is 10.3. The number of rotatable bonds is 28. The minimum absolute atomic E-state index is 1.20. The molecule has 190 valence electrons. The van der Waals surface area contributed by atoms with Crippen LogP contribution in [0.15, 0.2) is 24.8 Å². The molecule has 0 rings (SSSR count). The summed E-state index contributed by atoms with van der Waals surface area (Å²) in [5.41, 5.74) is 0. The highest BCUT2D eigenvalue weighted by molar-refractivity contribution is 4.81. The van der Waals surface area contributed by atoms with Crippen molar-refractivity contribution < 1.29 is 0 Å². The van der Waals surface area contributed by atoms with Crippen LogP contribution in [0.2, 0.25) is 0 Å². The van der Waals surface area contributed by atoms with Gasteiger partial charge in [0.1, 0.15) is 0 Å². The van der Waals surface area contributed by atoms with Crippen molar-refractivity contribution in [1.82, 2.24) is 0 Å². The van der Waals surface area contributed by atoms with E-state index in [4.69, 9.17) is 0 Å². The molecule has 0 aromatic carbocycles. The van der Waals surface area contributed by atoms with Crippen LogP contribution >= 0.6 is 0 Å². The Hall–Kier alpha value is -0.520. The minimum Gasteiger partial charge on any atom is -0.103 e. The summed E-state index contributed by atoms with van der Waals surface area (Å²) < 4.78 is 0. The lowest BCUT2D eigenvalue weighted by molar-refractivity contribution is 0.534. The van der Waals surface area contributed by atoms with Crippen molar-refractivity contribution in [2.24, 2.45) is 0 Å². The van der Waals surface area contributed by atoms with E-state index in [1.807, 2.05) is 0 Å². The second-order valence-electron chi connectivity index (χ2n) is 10.3. The Morgan fingerprint density at radius 3 is 0.875 bits per heavy atom. The van der Waals surface area contributed by atoms with E-state index in [9.17, 15) is 0 Å². The van der Waals surface area contributed by atoms with Gasteiger partial charge in [-0.3, -0.25) is 0 Å². The summed E-state index contributed by atoms with van der Waals surface area (Å²) in [6.07, 6.45) is 45.4. The molecule has 0 unspecified atom stereocenters. The van der Waals surface area contributed by atoms with Crippen molar-refractivity contribution in [2.45, 2.75) is 180 Å². The summed E-state index contributed by atoms with van der Waals surface area (Å²) in [7, 11) is 0. The molecule has 0 aliphatic heterocycles. The van der Waals surface area contributed by atoms with Gasteiger partial charge in [0.2, 0.25) is 0 Å². The maximum absolute atomic E-state index is 3.79. The zero-order valence-electron chi connectivity index (χ0n) is 22.5. The van der Waals surface area contributed by atoms with Crippen LogP contribution in [0.3, 0.4) is 0 Å². The van der Waals surface area contributed by atoms with Crippen LogP contribution in [0, 0.1) is 0 Å². The summed E-state index contributed by atoms with van der Waals surface area (Å²) >= 11 is 0. The van der Waals surface area contributed by atoms with Crippen LogP contribution in [0.25, 0.3) is 0 Å². The molecule has 0 aliphatic rings. The smallest absolute Gasteiger partial charge is 0.0351 e. The molecule has 0 saturated carbocycles. The summed E-state index contributed by atoms with van der Waals surface area (Å²) in [6, 6.07) is 0. The molecule has 0 aliphatic carbocycles. The van der Waals surface area contributed by atoms with Crippen LogP contribution in [0.4, 0.5) is 0 Å². The van der Waals surface area contributed by atoms with Crippen molar-refractivity contribution in [3.63, 3.8) is 0 Å². The van der Waals surface area contributed by atoms with Crippen LogP contribution in [0.1, 0.15) is 180 Å². The standard InChI is InChI=1S/C32H62/c1-3-5-7-9-11-13-15-17-19-21-23-25-27-29-31-32-30-28-26-24-22-20-18-16-14-12-10-8-6-4-2/h3,26,28H,1,4-25,27,29-32H2,2H3. The van der Waals surface area contributed by atoms with Crippen molar-refractivity contribution in [1.29, 1.82) is 0 Å². The summed E-state index contributed by atoms with van der Waals surface area (Å²) in [6.45, 7) is 6.09. The molecule has 0 aromatic rings. The molecule has 32 heavy (non-hydrogen) atoms. The number of unbranched alkanes of at least 4 members (excludes halogenated alkanes) is 25. The number of hydrogen-bond acceptors (Lipinski definition) is 0. The SMILES string of the molecule is C=CCCCCCCCCCCCCCCCCC=CCCCCCCCCCCCC. The molecule has 0 nitrogen and oxygen atoms in total. The van der Waals surface area contributed by atoms with E-state index in [1.54, 1.807) is 0 Å². The molecule has 0 saturated heterocycles. The topological polar surface area (TPSA) is 0 Å². The van der Waals surface area contributed by atoms with Crippen LogP contribution in [0.5, 0.6) is 0 Å². The Morgan fingerprint density at radius 1 is 0.344 bits per heavy atom. The third kappa shape index (κ3) is 29.5. The van der Waals surface area contributed by atoms with Crippen molar-refractivity contribution in [3.8, 4) is 0 Å². The van der Waals surface area contributed by atoms with Gasteiger partial charge in [-0.05, 0) is 38.5 Å². The van der Waals surface area contributed by atoms with Crippen LogP contribution < -0.4 is 0 Å². The Balaban J connectivity index is 3.06. The van der Waals surface area contributed by atoms with Gasteiger partial charge in [0, 0.05) is 0 Å². The fraction of sp³-hybridized carbons (Fsp3) is 0.875. The Kier molecular flexibility index (Phi) is 30.0. The first-order chi connectivity index (χ1) is 15.9. The van der Waals surface area contributed by atoms with Crippen molar-refractivity contribution in [3.05, 3.63) is 24.8 Å². The first-order valence-corrected chi connectivity index (χ1v) is 15.2. The second kappa shape index (κ2) is 30.5. The largest absolute Gasteiger partial charge is 0.103 e. The van der Waals surface area contributed by atoms with Gasteiger partial charge in [-0.1, -0.05) is 160 Å². The van der Waals surface area contributed by atoms with E-state index < -0.39 is 0 Å². The van der Waals surface area contributed by atoms with Gasteiger partial charge in [-0.2, -0.15) is 0 Å². The van der Waals surface area contributed by atoms with E-state index in [1.165, 1.54) is 173 Å². The number of hydrogen-bond donors (Lipinski definition) is 0. The maximum Gasteiger partial charge on any atom is -0.0351 e. The van der Waals surface area contributed by atoms with E-state index in [0.717, 1.165) is 0 Å². The molecule has 0 fully saturated rings. The van der Waals surface area contributed by atoms with Crippen LogP contribution in [-0.4, -0.2) is 0 Å². The third-order valence-electron chi connectivity index (χ3n) is 6.92. The Bertz CT molecular complexity index is 353. The molecule has 0 N–H and O–H groups in total. The first kappa shape index (κ1) is 31.5. The Morgan fingerprint density at radius 2 is 0.594 bits per heavy atom. The average Bonchev–Trinajstić information content (AvgIpc) is 2.81. The molecule has 0 aromatic heterocycles. The predicted octanol–water partition coefficient (Wildman–Crippen LogP) is 12.3. The monoisotopic (exact) mass is 446 g/mol. The first-order valence-electron chi connectivity index (χ1n) is 15.2. The molecule has 0 heterocycles. The molecular formula is C32H62. The lowest BCUT2D eigenvalue weighted by Crippen LogP contribution is -1.83. The molecule has 0 atom stereocenters. The predicted molar refractivity (Wildman–Crippen MR) is 150 cm³/mol. The molecular weight excluding hydrogens is 384 g/mol. The third-order valence-corrected chi connectivity index (χ3v) is 6.92. The number of allylic oxidation sites excluding steroid dienone is 3. The highest BCUT2D eigenvalue weighted by atomic mass is 14.0. The fourth-order valence-electron chi connectivity index (χ4n) is 4.66. The molecule has 0 amide bonds. The normalized spacial score (nSPS) is 11.5. The zero-order chi connectivity index (χ0) is 23.2. The van der Waals surface area contributed by atoms with Gasteiger partial charge in [0.25, 0.3) is 0 Å². The van der Waals surface area contributed by atoms with E-state index in [-0.39, 0.29) is 0 Å². The zero-order valence-corrected chi connectivity index (χ0v) is 22.5. The van der Waals surface area contributed by atoms with E-state index in [2.05, 4.69) is 31.7 Å². The molecule has 0 heteroatoms. The van der Waals surface area contributed by atoms with Crippen LogP contribution in [-0.2, 0) is 0 Å². The van der Waals surface area contributed by atoms with Crippen molar-refractivity contribution in [2.75, 3.05) is 0 Å². The van der Waals surface area contributed by atoms with Gasteiger partial charge < -0.3 is 0 Å². The summed E-state index contributed by atoms with van der Waals surface area (Å²) in [4.78, 5) is 0. The summed E-state index contributed by atoms with van der Waals surface area (Å²) in [5.74, 6) is 0.